The van der Waals surface area contributed by atoms with Crippen LogP contribution in [-0.2, 0) is 16.6 Å². The monoisotopic (exact) mass is 431 g/mol. The number of ether oxygens (including phenoxy) is 2. The van der Waals surface area contributed by atoms with Crippen LogP contribution in [0.25, 0.3) is 11.4 Å². The number of anilines is 1. The highest BCUT2D eigenvalue weighted by molar-refractivity contribution is 8.15. The topological polar surface area (TPSA) is 90.6 Å². The molecule has 0 unspecified atom stereocenters. The molecule has 2 aromatic carbocycles. The number of carbonyl (C=O) groups is 1. The zero-order valence-electron chi connectivity index (χ0n) is 15.9. The first kappa shape index (κ1) is 20.7. The summed E-state index contributed by atoms with van der Waals surface area (Å²) in [5, 5.41) is 13.6. The van der Waals surface area contributed by atoms with Crippen LogP contribution in [0, 0.1) is 0 Å². The normalized spacial score (nSPS) is 11.2. The number of esters is 1. The number of thioether (sulfide) groups is 1. The third kappa shape index (κ3) is 5.07. The molecule has 0 saturated heterocycles. The van der Waals surface area contributed by atoms with Crippen LogP contribution < -0.4 is 10.2 Å². The lowest BCUT2D eigenvalue weighted by Gasteiger charge is -2.07. The number of aromatic nitrogens is 3. The third-order valence-corrected chi connectivity index (χ3v) is 5.07. The number of hydrazone groups is 1. The van der Waals surface area contributed by atoms with Crippen LogP contribution in [0.1, 0.15) is 0 Å². The van der Waals surface area contributed by atoms with E-state index in [1.54, 1.807) is 43.0 Å². The second-order valence-corrected chi connectivity index (χ2v) is 7.12. The molecule has 8 nitrogen and oxygen atoms in total. The molecule has 1 heterocycles. The van der Waals surface area contributed by atoms with Gasteiger partial charge in [-0.05, 0) is 54.2 Å². The zero-order valence-corrected chi connectivity index (χ0v) is 17.5. The fourth-order valence-corrected chi connectivity index (χ4v) is 3.28. The van der Waals surface area contributed by atoms with Crippen LogP contribution in [0.5, 0.6) is 5.75 Å². The molecule has 0 bridgehead atoms. The lowest BCUT2D eigenvalue weighted by atomic mass is 10.2. The maximum Gasteiger partial charge on any atom is 0.365 e. The van der Waals surface area contributed by atoms with E-state index in [1.807, 2.05) is 24.3 Å². The van der Waals surface area contributed by atoms with Gasteiger partial charge < -0.3 is 14.0 Å². The number of methoxy groups -OCH3 is 2. The van der Waals surface area contributed by atoms with E-state index in [2.05, 4.69) is 20.7 Å². The van der Waals surface area contributed by atoms with Crippen LogP contribution in [0.15, 0.2) is 58.8 Å². The number of carbonyl (C=O) groups excluding carboxylic acids is 1. The second kappa shape index (κ2) is 9.44. The van der Waals surface area contributed by atoms with Crippen LogP contribution in [0.3, 0.4) is 0 Å². The summed E-state index contributed by atoms with van der Waals surface area (Å²) in [5.74, 6) is 0.790. The summed E-state index contributed by atoms with van der Waals surface area (Å²) in [4.78, 5) is 12.2. The van der Waals surface area contributed by atoms with Gasteiger partial charge in [0.2, 0.25) is 5.04 Å². The van der Waals surface area contributed by atoms with Crippen molar-refractivity contribution in [3.63, 3.8) is 0 Å². The summed E-state index contributed by atoms with van der Waals surface area (Å²) in [6.45, 7) is 0. The minimum absolute atomic E-state index is 0.0734. The van der Waals surface area contributed by atoms with Gasteiger partial charge >= 0.3 is 5.97 Å². The van der Waals surface area contributed by atoms with E-state index in [1.165, 1.54) is 7.11 Å². The van der Waals surface area contributed by atoms with Crippen molar-refractivity contribution in [1.29, 1.82) is 0 Å². The van der Waals surface area contributed by atoms with Gasteiger partial charge in [-0.3, -0.25) is 5.43 Å². The van der Waals surface area contributed by atoms with Crippen molar-refractivity contribution in [1.82, 2.24) is 14.8 Å². The Labute approximate surface area is 176 Å². The summed E-state index contributed by atoms with van der Waals surface area (Å²) in [5.41, 5.74) is 4.30. The first-order chi connectivity index (χ1) is 14.0. The van der Waals surface area contributed by atoms with Crippen molar-refractivity contribution in [3.05, 3.63) is 53.6 Å². The highest BCUT2D eigenvalue weighted by Crippen LogP contribution is 2.25. The predicted molar refractivity (Wildman–Crippen MR) is 113 cm³/mol. The highest BCUT2D eigenvalue weighted by Gasteiger charge is 2.20. The Morgan fingerprint density at radius 3 is 2.59 bits per heavy atom. The van der Waals surface area contributed by atoms with E-state index in [0.717, 1.165) is 23.1 Å². The molecule has 10 heteroatoms. The van der Waals surface area contributed by atoms with Crippen molar-refractivity contribution in [2.75, 3.05) is 19.6 Å². The van der Waals surface area contributed by atoms with Crippen molar-refractivity contribution in [2.45, 2.75) is 5.16 Å². The quantitative estimate of drug-likeness (QED) is 0.216. The maximum atomic E-state index is 12.2. The predicted octanol–water partition coefficient (Wildman–Crippen LogP) is 3.83. The van der Waals surface area contributed by atoms with E-state index in [-0.39, 0.29) is 5.04 Å². The van der Waals surface area contributed by atoms with Crippen LogP contribution >= 0.6 is 23.4 Å². The Morgan fingerprint density at radius 1 is 1.17 bits per heavy atom. The number of benzene rings is 2. The van der Waals surface area contributed by atoms with E-state index in [4.69, 9.17) is 21.1 Å². The molecule has 0 aliphatic rings. The van der Waals surface area contributed by atoms with E-state index in [0.29, 0.717) is 21.7 Å². The zero-order chi connectivity index (χ0) is 20.8. The molecule has 0 aliphatic heterocycles. The minimum atomic E-state index is -0.599. The smallest absolute Gasteiger partial charge is 0.365 e. The van der Waals surface area contributed by atoms with Crippen LogP contribution in [0.4, 0.5) is 5.69 Å². The van der Waals surface area contributed by atoms with Gasteiger partial charge in [-0.25, -0.2) is 4.79 Å². The largest absolute Gasteiger partial charge is 0.497 e. The lowest BCUT2D eigenvalue weighted by molar-refractivity contribution is -0.132. The van der Waals surface area contributed by atoms with Gasteiger partial charge in [0.15, 0.2) is 11.0 Å². The van der Waals surface area contributed by atoms with E-state index >= 15 is 0 Å². The minimum Gasteiger partial charge on any atom is -0.497 e. The fourth-order valence-electron chi connectivity index (χ4n) is 2.35. The summed E-state index contributed by atoms with van der Waals surface area (Å²) in [6.07, 6.45) is 0. The molecule has 29 heavy (non-hydrogen) atoms. The Hall–Kier alpha value is -3.04. The first-order valence-electron chi connectivity index (χ1n) is 8.41. The average molecular weight is 432 g/mol. The van der Waals surface area contributed by atoms with Crippen molar-refractivity contribution in [2.24, 2.45) is 12.1 Å². The molecule has 150 valence electrons. The standard InChI is InChI=1S/C19H18ClN5O3S/c1-25-16(12-7-9-15(27-2)10-8-12)22-24-19(25)29-17(18(26)28-3)23-21-14-6-4-5-13(20)11-14/h4-11,21H,1-3H3/b23-17+. The number of hydrogen-bond acceptors (Lipinski definition) is 8. The molecule has 1 N–H and O–H groups in total. The number of hydrogen-bond donors (Lipinski definition) is 1. The SMILES string of the molecule is COC(=O)/C(=N\Nc1cccc(Cl)c1)Sc1nnc(-c2ccc(OC)cc2)n1C. The Kier molecular flexibility index (Phi) is 6.73. The summed E-state index contributed by atoms with van der Waals surface area (Å²) >= 11 is 7.01. The third-order valence-electron chi connectivity index (χ3n) is 3.84. The lowest BCUT2D eigenvalue weighted by Crippen LogP contribution is -2.15. The molecule has 0 aliphatic carbocycles. The first-order valence-corrected chi connectivity index (χ1v) is 9.60. The van der Waals surface area contributed by atoms with Gasteiger partial charge in [-0.15, -0.1) is 10.2 Å². The number of nitrogens with zero attached hydrogens (tertiary/aromatic N) is 4. The van der Waals surface area contributed by atoms with Gasteiger partial charge in [0.25, 0.3) is 0 Å². The molecular formula is C19H18ClN5O3S. The number of halogens is 1. The van der Waals surface area contributed by atoms with Crippen molar-refractivity contribution >= 4 is 40.1 Å². The van der Waals surface area contributed by atoms with Gasteiger partial charge in [0.1, 0.15) is 5.75 Å². The number of rotatable bonds is 5. The molecule has 0 amide bonds. The molecule has 0 fully saturated rings. The van der Waals surface area contributed by atoms with Crippen molar-refractivity contribution < 1.29 is 14.3 Å². The summed E-state index contributed by atoms with van der Waals surface area (Å²) < 4.78 is 11.8. The van der Waals surface area contributed by atoms with Gasteiger partial charge in [0, 0.05) is 17.6 Å². The fraction of sp³-hybridized carbons (Fsp3) is 0.158. The summed E-state index contributed by atoms with van der Waals surface area (Å²) in [6, 6.07) is 14.4. The Morgan fingerprint density at radius 2 is 1.93 bits per heavy atom. The molecule has 3 rings (SSSR count). The molecule has 1 aromatic heterocycles. The number of nitrogens with one attached hydrogen (secondary N) is 1. The van der Waals surface area contributed by atoms with Crippen LogP contribution in [-0.4, -0.2) is 40.0 Å². The molecule has 3 aromatic rings. The van der Waals surface area contributed by atoms with Gasteiger partial charge in [-0.2, -0.15) is 5.10 Å². The van der Waals surface area contributed by atoms with Gasteiger partial charge in [0.05, 0.1) is 19.9 Å². The van der Waals surface area contributed by atoms with Gasteiger partial charge in [-0.1, -0.05) is 17.7 Å². The van der Waals surface area contributed by atoms with E-state index < -0.39 is 5.97 Å². The Balaban J connectivity index is 1.83. The molecule has 0 radical (unpaired) electrons. The van der Waals surface area contributed by atoms with E-state index in [9.17, 15) is 4.79 Å². The highest BCUT2D eigenvalue weighted by atomic mass is 35.5. The Bertz CT molecular complexity index is 1040. The summed E-state index contributed by atoms with van der Waals surface area (Å²) in [7, 11) is 4.70. The average Bonchev–Trinajstić information content (AvgIpc) is 3.10. The van der Waals surface area contributed by atoms with Crippen molar-refractivity contribution in [3.8, 4) is 17.1 Å². The molecule has 0 saturated carbocycles. The van der Waals surface area contributed by atoms with Crippen LogP contribution in [0.2, 0.25) is 5.02 Å². The molecule has 0 spiro atoms. The maximum absolute atomic E-state index is 12.2. The molecular weight excluding hydrogens is 414 g/mol. The second-order valence-electron chi connectivity index (χ2n) is 5.73. The molecule has 0 atom stereocenters.